The number of anilines is 2. The van der Waals surface area contributed by atoms with Gasteiger partial charge in [0.2, 0.25) is 0 Å². The molecule has 0 radical (unpaired) electrons. The van der Waals surface area contributed by atoms with Crippen LogP contribution in [-0.2, 0) is 0 Å². The van der Waals surface area contributed by atoms with E-state index < -0.39 is 5.97 Å². The van der Waals surface area contributed by atoms with Gasteiger partial charge in [0.25, 0.3) is 0 Å². The number of carbonyl (C=O) groups is 1. The minimum absolute atomic E-state index is 0.00479. The molecule has 0 saturated heterocycles. The van der Waals surface area contributed by atoms with E-state index in [1.165, 1.54) is 12.1 Å². The summed E-state index contributed by atoms with van der Waals surface area (Å²) in [6.45, 7) is 0. The number of carboxylic acid groups (broad SMARTS) is 1. The van der Waals surface area contributed by atoms with Gasteiger partial charge >= 0.3 is 5.97 Å². The van der Waals surface area contributed by atoms with Gasteiger partial charge in [0.05, 0.1) is 21.8 Å². The average Bonchev–Trinajstić information content (AvgIpc) is 2.41. The Kier molecular flexibility index (Phi) is 4.28. The van der Waals surface area contributed by atoms with E-state index in [-0.39, 0.29) is 10.6 Å². The predicted octanol–water partition coefficient (Wildman–Crippen LogP) is 4.42. The Morgan fingerprint density at radius 2 is 2.05 bits per heavy atom. The molecule has 2 aromatic carbocycles. The summed E-state index contributed by atoms with van der Waals surface area (Å²) >= 11 is 9.13. The Bertz CT molecular complexity index is 726. The van der Waals surface area contributed by atoms with Crippen molar-refractivity contribution in [2.24, 2.45) is 0 Å². The molecule has 0 aliphatic heterocycles. The molecule has 2 rings (SSSR count). The molecule has 100 valence electrons. The van der Waals surface area contributed by atoms with Crippen molar-refractivity contribution in [3.8, 4) is 6.07 Å². The first-order valence-electron chi connectivity index (χ1n) is 5.51. The number of nitrogens with one attached hydrogen (secondary N) is 1. The average molecular weight is 352 g/mol. The third-order valence-corrected chi connectivity index (χ3v) is 3.40. The third-order valence-electron chi connectivity index (χ3n) is 2.58. The monoisotopic (exact) mass is 350 g/mol. The van der Waals surface area contributed by atoms with Crippen LogP contribution in [0.25, 0.3) is 0 Å². The molecule has 6 heteroatoms. The van der Waals surface area contributed by atoms with Gasteiger partial charge in [0, 0.05) is 10.2 Å². The summed E-state index contributed by atoms with van der Waals surface area (Å²) in [5.74, 6) is -1.10. The van der Waals surface area contributed by atoms with Crippen molar-refractivity contribution < 1.29 is 9.90 Å². The van der Waals surface area contributed by atoms with Crippen LogP contribution in [0.4, 0.5) is 11.4 Å². The lowest BCUT2D eigenvalue weighted by atomic mass is 10.1. The van der Waals surface area contributed by atoms with E-state index >= 15 is 0 Å². The van der Waals surface area contributed by atoms with Crippen LogP contribution in [0.5, 0.6) is 0 Å². The molecule has 0 fully saturated rings. The zero-order valence-electron chi connectivity index (χ0n) is 10.0. The van der Waals surface area contributed by atoms with Crippen molar-refractivity contribution in [3.05, 3.63) is 57.0 Å². The van der Waals surface area contributed by atoms with Crippen molar-refractivity contribution in [2.45, 2.75) is 0 Å². The van der Waals surface area contributed by atoms with Gasteiger partial charge in [0.15, 0.2) is 0 Å². The molecule has 0 unspecified atom stereocenters. The Morgan fingerprint density at radius 3 is 2.70 bits per heavy atom. The predicted molar refractivity (Wildman–Crippen MR) is 80.6 cm³/mol. The lowest BCUT2D eigenvalue weighted by molar-refractivity contribution is 0.0697. The molecule has 0 spiro atoms. The van der Waals surface area contributed by atoms with E-state index in [1.807, 2.05) is 0 Å². The summed E-state index contributed by atoms with van der Waals surface area (Å²) in [7, 11) is 0. The summed E-state index contributed by atoms with van der Waals surface area (Å²) in [5.41, 5.74) is 1.59. The highest BCUT2D eigenvalue weighted by Gasteiger charge is 2.10. The van der Waals surface area contributed by atoms with E-state index in [1.54, 1.807) is 24.3 Å². The highest BCUT2D eigenvalue weighted by Crippen LogP contribution is 2.27. The molecule has 4 nitrogen and oxygen atoms in total. The zero-order chi connectivity index (χ0) is 14.7. The molecular weight excluding hydrogens is 344 g/mol. The third kappa shape index (κ3) is 3.10. The topological polar surface area (TPSA) is 73.1 Å². The number of rotatable bonds is 3. The Labute approximate surface area is 128 Å². The fourth-order valence-corrected chi connectivity index (χ4v) is 2.20. The Hall–Kier alpha value is -2.03. The number of aromatic carboxylic acids is 1. The first-order chi connectivity index (χ1) is 9.51. The first-order valence-corrected chi connectivity index (χ1v) is 6.68. The summed E-state index contributed by atoms with van der Waals surface area (Å²) in [4.78, 5) is 11.0. The van der Waals surface area contributed by atoms with Crippen LogP contribution >= 0.6 is 27.5 Å². The van der Waals surface area contributed by atoms with Gasteiger partial charge in [-0.3, -0.25) is 0 Å². The maximum Gasteiger partial charge on any atom is 0.337 e. The maximum atomic E-state index is 11.0. The first kappa shape index (κ1) is 14.4. The van der Waals surface area contributed by atoms with Gasteiger partial charge in [-0.1, -0.05) is 27.5 Å². The summed E-state index contributed by atoms with van der Waals surface area (Å²) in [6, 6.07) is 11.8. The molecule has 0 amide bonds. The van der Waals surface area contributed by atoms with E-state index in [2.05, 4.69) is 27.3 Å². The fraction of sp³-hybridized carbons (Fsp3) is 0. The molecule has 2 aromatic rings. The second kappa shape index (κ2) is 5.95. The van der Waals surface area contributed by atoms with Gasteiger partial charge in [-0.2, -0.15) is 5.26 Å². The van der Waals surface area contributed by atoms with Crippen LogP contribution in [0.1, 0.15) is 15.9 Å². The van der Waals surface area contributed by atoms with Crippen molar-refractivity contribution in [3.63, 3.8) is 0 Å². The van der Waals surface area contributed by atoms with E-state index in [4.69, 9.17) is 22.0 Å². The normalized spacial score (nSPS) is 9.85. The number of carboxylic acids is 1. The minimum Gasteiger partial charge on any atom is -0.478 e. The molecule has 0 atom stereocenters. The lowest BCUT2D eigenvalue weighted by Gasteiger charge is -2.10. The number of nitriles is 1. The highest BCUT2D eigenvalue weighted by molar-refractivity contribution is 9.10. The van der Waals surface area contributed by atoms with Crippen molar-refractivity contribution in [2.75, 3.05) is 5.32 Å². The summed E-state index contributed by atoms with van der Waals surface area (Å²) < 4.78 is 0.812. The van der Waals surface area contributed by atoms with Crippen LogP contribution in [0.3, 0.4) is 0 Å². The molecule has 0 bridgehead atoms. The molecule has 0 aliphatic carbocycles. The van der Waals surface area contributed by atoms with Crippen LogP contribution in [-0.4, -0.2) is 11.1 Å². The number of benzene rings is 2. The number of hydrogen-bond acceptors (Lipinski definition) is 3. The molecule has 0 aromatic heterocycles. The van der Waals surface area contributed by atoms with E-state index in [9.17, 15) is 4.79 Å². The van der Waals surface area contributed by atoms with Crippen LogP contribution in [0, 0.1) is 11.3 Å². The summed E-state index contributed by atoms with van der Waals surface area (Å²) in [5, 5.41) is 21.3. The van der Waals surface area contributed by atoms with Gasteiger partial charge in [-0.05, 0) is 36.4 Å². The number of hydrogen-bond donors (Lipinski definition) is 2. The van der Waals surface area contributed by atoms with Crippen molar-refractivity contribution >= 4 is 44.9 Å². The number of halogens is 2. The maximum absolute atomic E-state index is 11.0. The largest absolute Gasteiger partial charge is 0.478 e. The molecular formula is C14H8BrClN2O2. The van der Waals surface area contributed by atoms with Gasteiger partial charge in [-0.15, -0.1) is 0 Å². The van der Waals surface area contributed by atoms with Crippen LogP contribution in [0.2, 0.25) is 5.02 Å². The van der Waals surface area contributed by atoms with Gasteiger partial charge in [0.1, 0.15) is 6.07 Å². The van der Waals surface area contributed by atoms with E-state index in [0.717, 1.165) is 4.47 Å². The molecule has 2 N–H and O–H groups in total. The SMILES string of the molecule is N#Cc1ccc(Br)cc1Nc1ccc(Cl)c(C(=O)O)c1. The lowest BCUT2D eigenvalue weighted by Crippen LogP contribution is -2.00. The second-order valence-electron chi connectivity index (χ2n) is 3.93. The van der Waals surface area contributed by atoms with Crippen LogP contribution in [0.15, 0.2) is 40.9 Å². The highest BCUT2D eigenvalue weighted by atomic mass is 79.9. The zero-order valence-corrected chi connectivity index (χ0v) is 12.4. The second-order valence-corrected chi connectivity index (χ2v) is 5.25. The number of nitrogens with zero attached hydrogens (tertiary/aromatic N) is 1. The standard InChI is InChI=1S/C14H8BrClN2O2/c15-9-2-1-8(7-17)13(5-9)18-10-3-4-12(16)11(6-10)14(19)20/h1-6,18H,(H,19,20). The minimum atomic E-state index is -1.10. The molecule has 0 saturated carbocycles. The van der Waals surface area contributed by atoms with Crippen molar-refractivity contribution in [1.82, 2.24) is 0 Å². The smallest absolute Gasteiger partial charge is 0.337 e. The fourth-order valence-electron chi connectivity index (χ4n) is 1.64. The van der Waals surface area contributed by atoms with Gasteiger partial charge in [-0.25, -0.2) is 4.79 Å². The Balaban J connectivity index is 2.40. The molecule has 0 heterocycles. The van der Waals surface area contributed by atoms with Gasteiger partial charge < -0.3 is 10.4 Å². The van der Waals surface area contributed by atoms with E-state index in [0.29, 0.717) is 16.9 Å². The summed E-state index contributed by atoms with van der Waals surface area (Å²) in [6.07, 6.45) is 0. The molecule has 20 heavy (non-hydrogen) atoms. The Morgan fingerprint density at radius 1 is 1.30 bits per heavy atom. The van der Waals surface area contributed by atoms with Crippen LogP contribution < -0.4 is 5.32 Å². The van der Waals surface area contributed by atoms with Crippen molar-refractivity contribution in [1.29, 1.82) is 5.26 Å². The molecule has 0 aliphatic rings. The quantitative estimate of drug-likeness (QED) is 0.858.